The minimum Gasteiger partial charge on any atom is -0.462 e. The van der Waals surface area contributed by atoms with Crippen LogP contribution < -0.4 is 10.6 Å². The molecule has 2 N–H and O–H groups in total. The molecule has 31 heavy (non-hydrogen) atoms. The molecule has 2 aromatic rings. The number of amides is 1. The minimum absolute atomic E-state index is 0.0284. The molecule has 0 bridgehead atoms. The highest BCUT2D eigenvalue weighted by Gasteiger charge is 2.27. The maximum Gasteiger partial charge on any atom is 0.341 e. The lowest BCUT2D eigenvalue weighted by Gasteiger charge is -2.12. The molecule has 0 spiro atoms. The third-order valence-electron chi connectivity index (χ3n) is 4.82. The number of esters is 2. The summed E-state index contributed by atoms with van der Waals surface area (Å²) in [5.41, 5.74) is 2.67. The molecular formula is C23H28N2O5S. The molecule has 0 unspecified atom stereocenters. The molecule has 0 atom stereocenters. The maximum atomic E-state index is 12.5. The van der Waals surface area contributed by atoms with Crippen LogP contribution in [0.25, 0.3) is 0 Å². The quantitative estimate of drug-likeness (QED) is 0.586. The number of rotatable bonds is 8. The lowest BCUT2D eigenvalue weighted by molar-refractivity contribution is -0.114. The number of hydrogen-bond donors (Lipinski definition) is 2. The summed E-state index contributed by atoms with van der Waals surface area (Å²) >= 11 is 1.46. The maximum absolute atomic E-state index is 12.5. The van der Waals surface area contributed by atoms with Crippen molar-refractivity contribution in [3.05, 3.63) is 45.8 Å². The van der Waals surface area contributed by atoms with Crippen LogP contribution in [-0.4, -0.2) is 37.1 Å². The third-order valence-corrected chi connectivity index (χ3v) is 6.03. The van der Waals surface area contributed by atoms with Gasteiger partial charge in [0.05, 0.1) is 30.4 Å². The zero-order valence-electron chi connectivity index (χ0n) is 18.1. The van der Waals surface area contributed by atoms with Crippen molar-refractivity contribution in [2.24, 2.45) is 0 Å². The molecule has 3 rings (SSSR count). The highest BCUT2D eigenvalue weighted by Crippen LogP contribution is 2.38. The standard InChI is InChI=1S/C23H28N2O5S/c1-4-29-23(28)20-17-7-5-6-8-18(17)31-21(20)25-19(26)13-24-16-11-9-15(10-12-16)22(27)30-14(2)3/h9-12,14,24H,4-8,13H2,1-3H3,(H,25,26). The van der Waals surface area contributed by atoms with Crippen molar-refractivity contribution in [1.29, 1.82) is 0 Å². The van der Waals surface area contributed by atoms with Gasteiger partial charge < -0.3 is 20.1 Å². The summed E-state index contributed by atoms with van der Waals surface area (Å²) in [6.45, 7) is 5.68. The van der Waals surface area contributed by atoms with Gasteiger partial charge in [0.15, 0.2) is 0 Å². The molecule has 8 heteroatoms. The van der Waals surface area contributed by atoms with Crippen LogP contribution in [0, 0.1) is 0 Å². The summed E-state index contributed by atoms with van der Waals surface area (Å²) in [7, 11) is 0. The van der Waals surface area contributed by atoms with E-state index in [1.165, 1.54) is 11.3 Å². The third kappa shape index (κ3) is 5.85. The number of ether oxygens (including phenoxy) is 2. The highest BCUT2D eigenvalue weighted by atomic mass is 32.1. The van der Waals surface area contributed by atoms with E-state index in [0.717, 1.165) is 36.1 Å². The van der Waals surface area contributed by atoms with Gasteiger partial charge in [-0.25, -0.2) is 9.59 Å². The van der Waals surface area contributed by atoms with Crippen LogP contribution in [0.1, 0.15) is 64.8 Å². The summed E-state index contributed by atoms with van der Waals surface area (Å²) < 4.78 is 10.4. The van der Waals surface area contributed by atoms with Crippen molar-refractivity contribution in [2.75, 3.05) is 23.8 Å². The molecule has 0 radical (unpaired) electrons. The number of carbonyl (C=O) groups is 3. The Balaban J connectivity index is 1.63. The van der Waals surface area contributed by atoms with Crippen molar-refractivity contribution in [1.82, 2.24) is 0 Å². The largest absolute Gasteiger partial charge is 0.462 e. The molecule has 1 aliphatic rings. The van der Waals surface area contributed by atoms with Gasteiger partial charge in [0.2, 0.25) is 5.91 Å². The lowest BCUT2D eigenvalue weighted by atomic mass is 9.95. The Morgan fingerprint density at radius 3 is 2.45 bits per heavy atom. The van der Waals surface area contributed by atoms with E-state index in [1.807, 2.05) is 0 Å². The van der Waals surface area contributed by atoms with E-state index in [0.29, 0.717) is 28.4 Å². The Morgan fingerprint density at radius 2 is 1.77 bits per heavy atom. The molecule has 7 nitrogen and oxygen atoms in total. The second kappa shape index (κ2) is 10.4. The van der Waals surface area contributed by atoms with E-state index in [2.05, 4.69) is 10.6 Å². The Bertz CT molecular complexity index is 950. The second-order valence-electron chi connectivity index (χ2n) is 7.57. The first-order valence-corrected chi connectivity index (χ1v) is 11.4. The van der Waals surface area contributed by atoms with Gasteiger partial charge in [-0.2, -0.15) is 0 Å². The number of benzene rings is 1. The van der Waals surface area contributed by atoms with Crippen LogP contribution in [0.5, 0.6) is 0 Å². The molecule has 0 saturated carbocycles. The number of nitrogens with one attached hydrogen (secondary N) is 2. The molecule has 0 saturated heterocycles. The topological polar surface area (TPSA) is 93.7 Å². The molecule has 0 aliphatic heterocycles. The number of anilines is 2. The van der Waals surface area contributed by atoms with Gasteiger partial charge in [-0.05, 0) is 76.3 Å². The van der Waals surface area contributed by atoms with Gasteiger partial charge >= 0.3 is 11.9 Å². The minimum atomic E-state index is -0.382. The van der Waals surface area contributed by atoms with Gasteiger partial charge in [0, 0.05) is 10.6 Å². The van der Waals surface area contributed by atoms with E-state index < -0.39 is 0 Å². The molecule has 1 aromatic heterocycles. The average molecular weight is 445 g/mol. The van der Waals surface area contributed by atoms with Crippen LogP contribution >= 0.6 is 11.3 Å². The monoisotopic (exact) mass is 444 g/mol. The predicted molar refractivity (Wildman–Crippen MR) is 121 cm³/mol. The zero-order valence-corrected chi connectivity index (χ0v) is 18.9. The van der Waals surface area contributed by atoms with E-state index in [4.69, 9.17) is 9.47 Å². The van der Waals surface area contributed by atoms with E-state index in [9.17, 15) is 14.4 Å². The van der Waals surface area contributed by atoms with Crippen molar-refractivity contribution in [2.45, 2.75) is 52.6 Å². The fraction of sp³-hybridized carbons (Fsp3) is 0.435. The Hall–Kier alpha value is -2.87. The van der Waals surface area contributed by atoms with Crippen LogP contribution in [0.15, 0.2) is 24.3 Å². The second-order valence-corrected chi connectivity index (χ2v) is 8.67. The van der Waals surface area contributed by atoms with Crippen LogP contribution in [0.2, 0.25) is 0 Å². The van der Waals surface area contributed by atoms with Gasteiger partial charge in [-0.15, -0.1) is 11.3 Å². The summed E-state index contributed by atoms with van der Waals surface area (Å²) in [4.78, 5) is 38.1. The number of carbonyl (C=O) groups excluding carboxylic acids is 3. The first kappa shape index (κ1) is 22.8. The summed E-state index contributed by atoms with van der Waals surface area (Å²) in [5, 5.41) is 6.46. The molecule has 1 aromatic carbocycles. The fourth-order valence-corrected chi connectivity index (χ4v) is 4.73. The molecular weight excluding hydrogens is 416 g/mol. The van der Waals surface area contributed by atoms with E-state index in [-0.39, 0.29) is 30.5 Å². The van der Waals surface area contributed by atoms with Crippen molar-refractivity contribution in [3.8, 4) is 0 Å². The van der Waals surface area contributed by atoms with Crippen LogP contribution in [0.4, 0.5) is 10.7 Å². The smallest absolute Gasteiger partial charge is 0.341 e. The van der Waals surface area contributed by atoms with Crippen LogP contribution in [0.3, 0.4) is 0 Å². The number of fused-ring (bicyclic) bond motifs is 1. The Morgan fingerprint density at radius 1 is 1.06 bits per heavy atom. The SMILES string of the molecule is CCOC(=O)c1c(NC(=O)CNc2ccc(C(=O)OC(C)C)cc2)sc2c1CCCC2. The zero-order chi connectivity index (χ0) is 22.4. The van der Waals surface area contributed by atoms with Crippen LogP contribution in [-0.2, 0) is 27.1 Å². The van der Waals surface area contributed by atoms with E-state index in [1.54, 1.807) is 45.0 Å². The van der Waals surface area contributed by atoms with Gasteiger partial charge in [-0.1, -0.05) is 0 Å². The van der Waals surface area contributed by atoms with Gasteiger partial charge in [0.25, 0.3) is 0 Å². The summed E-state index contributed by atoms with van der Waals surface area (Å²) in [6.07, 6.45) is 3.69. The van der Waals surface area contributed by atoms with Gasteiger partial charge in [0.1, 0.15) is 5.00 Å². The number of aryl methyl sites for hydroxylation is 1. The van der Waals surface area contributed by atoms with Crippen molar-refractivity contribution < 1.29 is 23.9 Å². The highest BCUT2D eigenvalue weighted by molar-refractivity contribution is 7.17. The fourth-order valence-electron chi connectivity index (χ4n) is 3.43. The number of thiophene rings is 1. The van der Waals surface area contributed by atoms with E-state index >= 15 is 0 Å². The average Bonchev–Trinajstić information content (AvgIpc) is 3.10. The van der Waals surface area contributed by atoms with Crippen molar-refractivity contribution in [3.63, 3.8) is 0 Å². The van der Waals surface area contributed by atoms with Crippen molar-refractivity contribution >= 4 is 39.9 Å². The lowest BCUT2D eigenvalue weighted by Crippen LogP contribution is -2.22. The molecule has 1 aliphatic carbocycles. The normalized spacial score (nSPS) is 12.8. The number of hydrogen-bond acceptors (Lipinski definition) is 7. The van der Waals surface area contributed by atoms with Gasteiger partial charge in [-0.3, -0.25) is 4.79 Å². The first-order valence-electron chi connectivity index (χ1n) is 10.6. The molecule has 0 fully saturated rings. The molecule has 1 heterocycles. The summed E-state index contributed by atoms with van der Waals surface area (Å²) in [6, 6.07) is 6.74. The Kier molecular flexibility index (Phi) is 7.68. The Labute approximate surface area is 186 Å². The first-order chi connectivity index (χ1) is 14.9. The predicted octanol–water partition coefficient (Wildman–Crippen LogP) is 4.42. The molecule has 1 amide bonds. The summed E-state index contributed by atoms with van der Waals surface area (Å²) in [5.74, 6) is -1.02. The molecule has 166 valence electrons.